The number of carbonyl (C=O) groups is 1. The lowest BCUT2D eigenvalue weighted by Crippen LogP contribution is -2.60. The molecule has 2 aliphatic carbocycles. The first kappa shape index (κ1) is 20.2. The van der Waals surface area contributed by atoms with Gasteiger partial charge in [-0.25, -0.2) is 8.42 Å². The summed E-state index contributed by atoms with van der Waals surface area (Å²) in [6.07, 6.45) is -1.33. The highest BCUT2D eigenvalue weighted by atomic mass is 32.2. The molecule has 4 atom stereocenters. The van der Waals surface area contributed by atoms with Crippen molar-refractivity contribution in [1.29, 1.82) is 0 Å². The summed E-state index contributed by atoms with van der Waals surface area (Å²) in [7, 11) is -3.69. The number of ketones is 1. The molecule has 6 heteroatoms. The Morgan fingerprint density at radius 3 is 2.30 bits per heavy atom. The minimum Gasteiger partial charge on any atom is -0.390 e. The van der Waals surface area contributed by atoms with Crippen molar-refractivity contribution in [2.24, 2.45) is 16.7 Å². The molecule has 0 amide bonds. The van der Waals surface area contributed by atoms with Crippen molar-refractivity contribution in [3.05, 3.63) is 41.5 Å². The van der Waals surface area contributed by atoms with E-state index in [-0.39, 0.29) is 16.4 Å². The first-order chi connectivity index (χ1) is 12.4. The Labute approximate surface area is 161 Å². The van der Waals surface area contributed by atoms with Crippen molar-refractivity contribution >= 4 is 15.6 Å². The summed E-state index contributed by atoms with van der Waals surface area (Å²) in [5, 5.41) is 21.5. The number of carbonyl (C=O) groups excluding carboxylic acids is 1. The molecule has 148 valence electrons. The van der Waals surface area contributed by atoms with Gasteiger partial charge in [-0.15, -0.1) is 0 Å². The molecular weight excluding hydrogens is 364 g/mol. The van der Waals surface area contributed by atoms with Crippen LogP contribution in [0, 0.1) is 16.7 Å². The molecule has 5 nitrogen and oxygen atoms in total. The molecule has 27 heavy (non-hydrogen) atoms. The first-order valence-electron chi connectivity index (χ1n) is 9.30. The van der Waals surface area contributed by atoms with Crippen molar-refractivity contribution in [1.82, 2.24) is 0 Å². The van der Waals surface area contributed by atoms with Crippen LogP contribution in [-0.4, -0.2) is 42.4 Å². The molecule has 0 bridgehead atoms. The van der Waals surface area contributed by atoms with Crippen LogP contribution in [-0.2, 0) is 14.6 Å². The van der Waals surface area contributed by atoms with Gasteiger partial charge < -0.3 is 10.2 Å². The Morgan fingerprint density at radius 1 is 1.11 bits per heavy atom. The Bertz CT molecular complexity index is 884. The molecule has 1 fully saturated rings. The number of aliphatic hydroxyl groups excluding tert-OH is 2. The summed E-state index contributed by atoms with van der Waals surface area (Å²) in [5.41, 5.74) is -0.670. The van der Waals surface area contributed by atoms with Crippen LogP contribution in [0.3, 0.4) is 0 Å². The van der Waals surface area contributed by atoms with Gasteiger partial charge in [0.05, 0.1) is 22.2 Å². The van der Waals surface area contributed by atoms with E-state index in [1.807, 2.05) is 13.8 Å². The second-order valence-electron chi connectivity index (χ2n) is 8.76. The van der Waals surface area contributed by atoms with Crippen molar-refractivity contribution in [2.75, 3.05) is 5.75 Å². The van der Waals surface area contributed by atoms with Crippen LogP contribution < -0.4 is 0 Å². The summed E-state index contributed by atoms with van der Waals surface area (Å²) < 4.78 is 26.1. The van der Waals surface area contributed by atoms with Crippen molar-refractivity contribution < 1.29 is 23.4 Å². The van der Waals surface area contributed by atoms with Gasteiger partial charge in [0.2, 0.25) is 0 Å². The van der Waals surface area contributed by atoms with Crippen molar-refractivity contribution in [3.63, 3.8) is 0 Å². The second-order valence-corrected chi connectivity index (χ2v) is 10.8. The van der Waals surface area contributed by atoms with Gasteiger partial charge in [-0.3, -0.25) is 4.79 Å². The standard InChI is InChI=1S/C21H28O5S/c1-13-15(12-27(25,26)14-8-6-5-7-9-14)21(4)16(22)10-11-20(2,3)19(21)18(24)17(13)23/h5-9,17-19,23-24H,10-12H2,1-4H3/t17-,18-,19?,21-/m1/s1. The van der Waals surface area contributed by atoms with Gasteiger partial charge >= 0.3 is 0 Å². The lowest BCUT2D eigenvalue weighted by molar-refractivity contribution is -0.154. The van der Waals surface area contributed by atoms with Gasteiger partial charge in [0.15, 0.2) is 9.84 Å². The maximum absolute atomic E-state index is 13.0. The summed E-state index contributed by atoms with van der Waals surface area (Å²) in [5.74, 6) is -0.928. The Balaban J connectivity index is 2.16. The summed E-state index contributed by atoms with van der Waals surface area (Å²) in [4.78, 5) is 13.2. The van der Waals surface area contributed by atoms with E-state index < -0.39 is 38.8 Å². The summed E-state index contributed by atoms with van der Waals surface area (Å²) in [6.45, 7) is 7.32. The van der Waals surface area contributed by atoms with Crippen LogP contribution in [0.25, 0.3) is 0 Å². The van der Waals surface area contributed by atoms with Gasteiger partial charge in [0, 0.05) is 12.3 Å². The molecule has 0 radical (unpaired) electrons. The van der Waals surface area contributed by atoms with E-state index in [9.17, 15) is 23.4 Å². The lowest BCUT2D eigenvalue weighted by Gasteiger charge is -2.56. The molecular formula is C21H28O5S. The van der Waals surface area contributed by atoms with Gasteiger partial charge in [-0.2, -0.15) is 0 Å². The zero-order chi connectivity index (χ0) is 20.2. The van der Waals surface area contributed by atoms with Crippen LogP contribution in [0.15, 0.2) is 46.4 Å². The number of hydrogen-bond acceptors (Lipinski definition) is 5. The van der Waals surface area contributed by atoms with E-state index in [0.717, 1.165) is 0 Å². The van der Waals surface area contributed by atoms with E-state index in [2.05, 4.69) is 0 Å². The number of rotatable bonds is 3. The molecule has 2 N–H and O–H groups in total. The van der Waals surface area contributed by atoms with Gasteiger partial charge in [0.25, 0.3) is 0 Å². The predicted octanol–water partition coefficient (Wildman–Crippen LogP) is 2.52. The Kier molecular flexibility index (Phi) is 4.90. The molecule has 0 aromatic heterocycles. The van der Waals surface area contributed by atoms with Crippen molar-refractivity contribution in [2.45, 2.75) is 57.6 Å². The number of sulfone groups is 1. The van der Waals surface area contributed by atoms with Crippen LogP contribution in [0.5, 0.6) is 0 Å². The topological polar surface area (TPSA) is 91.7 Å². The first-order valence-corrected chi connectivity index (χ1v) is 11.0. The van der Waals surface area contributed by atoms with E-state index in [1.54, 1.807) is 32.0 Å². The average Bonchev–Trinajstić information content (AvgIpc) is 2.61. The molecule has 1 saturated carbocycles. The largest absolute Gasteiger partial charge is 0.390 e. The average molecular weight is 393 g/mol. The zero-order valence-corrected chi connectivity index (χ0v) is 17.1. The monoisotopic (exact) mass is 392 g/mol. The number of aliphatic hydroxyl groups is 2. The molecule has 0 saturated heterocycles. The van der Waals surface area contributed by atoms with Gasteiger partial charge in [-0.05, 0) is 49.0 Å². The number of Topliss-reactive ketones (excluding diaryl/α,β-unsaturated/α-hetero) is 1. The molecule has 1 aromatic rings. The predicted molar refractivity (Wildman–Crippen MR) is 103 cm³/mol. The highest BCUT2D eigenvalue weighted by Crippen LogP contribution is 2.58. The number of benzene rings is 1. The molecule has 0 spiro atoms. The fraction of sp³-hybridized carbons (Fsp3) is 0.571. The SMILES string of the molecule is CC1=C(CS(=O)(=O)c2ccccc2)[C@]2(C)C(=O)CCC(C)(C)C2[C@H](O)[C@@H]1O. The van der Waals surface area contributed by atoms with Crippen LogP contribution in [0.4, 0.5) is 0 Å². The van der Waals surface area contributed by atoms with E-state index in [4.69, 9.17) is 0 Å². The van der Waals surface area contributed by atoms with Gasteiger partial charge in [-0.1, -0.05) is 32.0 Å². The van der Waals surface area contributed by atoms with E-state index >= 15 is 0 Å². The number of hydrogen-bond donors (Lipinski definition) is 2. The molecule has 0 heterocycles. The quantitative estimate of drug-likeness (QED) is 0.771. The molecule has 1 aromatic carbocycles. The molecule has 3 rings (SSSR count). The Hall–Kier alpha value is -1.50. The third kappa shape index (κ3) is 3.08. The fourth-order valence-electron chi connectivity index (χ4n) is 5.16. The van der Waals surface area contributed by atoms with E-state index in [0.29, 0.717) is 24.0 Å². The second kappa shape index (κ2) is 6.54. The highest BCUT2D eigenvalue weighted by Gasteiger charge is 2.60. The lowest BCUT2D eigenvalue weighted by atomic mass is 9.48. The number of fused-ring (bicyclic) bond motifs is 1. The zero-order valence-electron chi connectivity index (χ0n) is 16.3. The van der Waals surface area contributed by atoms with Gasteiger partial charge in [0.1, 0.15) is 11.9 Å². The minimum atomic E-state index is -3.69. The van der Waals surface area contributed by atoms with Crippen molar-refractivity contribution in [3.8, 4) is 0 Å². The smallest absolute Gasteiger partial charge is 0.182 e. The van der Waals surface area contributed by atoms with Crippen LogP contribution >= 0.6 is 0 Å². The van der Waals surface area contributed by atoms with Crippen LogP contribution in [0.2, 0.25) is 0 Å². The Morgan fingerprint density at radius 2 is 1.70 bits per heavy atom. The fourth-order valence-corrected chi connectivity index (χ4v) is 6.80. The highest BCUT2D eigenvalue weighted by molar-refractivity contribution is 7.91. The minimum absolute atomic E-state index is 0.0598. The van der Waals surface area contributed by atoms with Crippen LogP contribution in [0.1, 0.15) is 40.5 Å². The third-order valence-electron chi connectivity index (χ3n) is 6.69. The molecule has 2 aliphatic rings. The maximum atomic E-state index is 13.0. The molecule has 0 aliphatic heterocycles. The summed E-state index contributed by atoms with van der Waals surface area (Å²) >= 11 is 0. The normalized spacial score (nSPS) is 33.7. The summed E-state index contributed by atoms with van der Waals surface area (Å²) in [6, 6.07) is 8.13. The third-order valence-corrected chi connectivity index (χ3v) is 8.35. The molecule has 1 unspecified atom stereocenters. The van der Waals surface area contributed by atoms with E-state index in [1.165, 1.54) is 12.1 Å². The maximum Gasteiger partial charge on any atom is 0.182 e.